The van der Waals surface area contributed by atoms with Crippen LogP contribution in [-0.2, 0) is 9.59 Å². The lowest BCUT2D eigenvalue weighted by molar-refractivity contribution is -0.146. The molecule has 64 valence electrons. The van der Waals surface area contributed by atoms with E-state index in [1.54, 1.807) is 0 Å². The first-order valence-corrected chi connectivity index (χ1v) is 3.26. The molecule has 0 aromatic rings. The number of hydrogen-bond donors (Lipinski definition) is 1. The fraction of sp³-hybridized carbons (Fsp3) is 0.600. The van der Waals surface area contributed by atoms with Crippen LogP contribution in [-0.4, -0.2) is 28.0 Å². The molecule has 1 heterocycles. The third-order valence-electron chi connectivity index (χ3n) is 1.60. The Kier molecular flexibility index (Phi) is 2.16. The Morgan fingerprint density at radius 3 is 3.00 bits per heavy atom. The van der Waals surface area contributed by atoms with Crippen LogP contribution < -0.4 is 0 Å². The lowest BCUT2D eigenvalue weighted by Gasteiger charge is -2.08. The van der Waals surface area contributed by atoms with Crippen molar-refractivity contribution in [2.45, 2.75) is 18.9 Å². The molecule has 12 heavy (non-hydrogen) atoms. The predicted molar refractivity (Wildman–Crippen MR) is 36.6 cm³/mol. The van der Waals surface area contributed by atoms with Gasteiger partial charge in [0.15, 0.2) is 0 Å². The third-order valence-corrected chi connectivity index (χ3v) is 1.60. The first-order chi connectivity index (χ1) is 5.66. The van der Waals surface area contributed by atoms with Crippen LogP contribution in [0.1, 0.15) is 12.8 Å². The van der Waals surface area contributed by atoms with Crippen LogP contribution in [0.4, 0.5) is 0 Å². The highest BCUT2D eigenvalue weighted by atomic mass is 16.4. The number of rotatable bonds is 2. The maximum Gasteiger partial charge on any atom is 0.349 e. The van der Waals surface area contributed by atoms with E-state index in [9.17, 15) is 9.59 Å². The summed E-state index contributed by atoms with van der Waals surface area (Å²) in [5.74, 6) is -1.59. The van der Waals surface area contributed by atoms with E-state index in [1.807, 2.05) is 0 Å². The molecule has 1 aliphatic heterocycles. The highest BCUT2D eigenvalue weighted by molar-refractivity contribution is 5.86. The van der Waals surface area contributed by atoms with Crippen molar-refractivity contribution in [3.05, 3.63) is 10.4 Å². The molecule has 0 spiro atoms. The number of nitrogens with zero attached hydrogens (tertiary/aromatic N) is 4. The van der Waals surface area contributed by atoms with Gasteiger partial charge in [0.1, 0.15) is 0 Å². The molecule has 1 atom stereocenters. The van der Waals surface area contributed by atoms with Gasteiger partial charge in [-0.1, -0.05) is 0 Å². The molecule has 0 radical (unpaired) electrons. The Labute approximate surface area is 67.2 Å². The van der Waals surface area contributed by atoms with Crippen LogP contribution in [0.5, 0.6) is 0 Å². The summed E-state index contributed by atoms with van der Waals surface area (Å²) in [5, 5.41) is 12.2. The van der Waals surface area contributed by atoms with Crippen molar-refractivity contribution in [1.29, 1.82) is 0 Å². The first-order valence-electron chi connectivity index (χ1n) is 3.26. The summed E-state index contributed by atoms with van der Waals surface area (Å²) in [6.07, 6.45) is 0.323. The van der Waals surface area contributed by atoms with Gasteiger partial charge in [-0.15, -0.1) is 5.53 Å². The molecule has 0 aliphatic carbocycles. The van der Waals surface area contributed by atoms with E-state index in [0.717, 1.165) is 0 Å². The Balaban J connectivity index is 2.83. The van der Waals surface area contributed by atoms with Crippen molar-refractivity contribution in [2.24, 2.45) is 5.22 Å². The Morgan fingerprint density at radius 2 is 2.50 bits per heavy atom. The SMILES string of the molecule is [N-]=[N+]=NN1C(=O)CC[C@H]1C(=O)O. The van der Waals surface area contributed by atoms with Crippen molar-refractivity contribution in [3.63, 3.8) is 0 Å². The Bertz CT molecular complexity index is 270. The molecule has 0 unspecified atom stereocenters. The highest BCUT2D eigenvalue weighted by Crippen LogP contribution is 2.18. The van der Waals surface area contributed by atoms with Crippen molar-refractivity contribution in [2.75, 3.05) is 0 Å². The normalized spacial score (nSPS) is 22.2. The highest BCUT2D eigenvalue weighted by Gasteiger charge is 2.40. The van der Waals surface area contributed by atoms with Gasteiger partial charge in [0, 0.05) is 6.42 Å². The van der Waals surface area contributed by atoms with E-state index in [0.29, 0.717) is 5.01 Å². The molecule has 1 aliphatic rings. The summed E-state index contributed by atoms with van der Waals surface area (Å²) < 4.78 is 0. The van der Waals surface area contributed by atoms with Crippen LogP contribution >= 0.6 is 0 Å². The molecule has 0 aromatic heterocycles. The minimum absolute atomic E-state index is 0.121. The van der Waals surface area contributed by atoms with Gasteiger partial charge < -0.3 is 5.11 Å². The lowest BCUT2D eigenvalue weighted by atomic mass is 10.2. The largest absolute Gasteiger partial charge is 0.478 e. The first kappa shape index (κ1) is 8.35. The van der Waals surface area contributed by atoms with E-state index < -0.39 is 17.9 Å². The van der Waals surface area contributed by atoms with Crippen molar-refractivity contribution >= 4 is 11.9 Å². The van der Waals surface area contributed by atoms with Gasteiger partial charge in [-0.05, 0) is 5.22 Å². The molecule has 7 heteroatoms. The van der Waals surface area contributed by atoms with Crippen LogP contribution in [0.25, 0.3) is 10.4 Å². The average molecular weight is 170 g/mol. The fourth-order valence-corrected chi connectivity index (χ4v) is 1.05. The van der Waals surface area contributed by atoms with E-state index in [1.165, 1.54) is 0 Å². The number of carboxylic acids is 1. The van der Waals surface area contributed by atoms with Gasteiger partial charge in [-0.25, -0.2) is 9.59 Å². The minimum atomic E-state index is -1.15. The molecule has 0 aromatic carbocycles. The van der Waals surface area contributed by atoms with Crippen LogP contribution in [0.15, 0.2) is 5.22 Å². The molecular weight excluding hydrogens is 164 g/mol. The summed E-state index contributed by atoms with van der Waals surface area (Å²) in [7, 11) is 0. The quantitative estimate of drug-likeness (QED) is 0.365. The van der Waals surface area contributed by atoms with E-state index in [4.69, 9.17) is 10.6 Å². The number of carbonyl (C=O) groups excluding carboxylic acids is 1. The van der Waals surface area contributed by atoms with Crippen LogP contribution in [0.3, 0.4) is 0 Å². The van der Waals surface area contributed by atoms with Crippen LogP contribution in [0.2, 0.25) is 0 Å². The Hall–Kier alpha value is -1.75. The van der Waals surface area contributed by atoms with Crippen molar-refractivity contribution in [3.8, 4) is 0 Å². The maximum absolute atomic E-state index is 10.9. The molecule has 1 saturated heterocycles. The van der Waals surface area contributed by atoms with Crippen LogP contribution in [0, 0.1) is 0 Å². The standard InChI is InChI=1S/C5H6N4O3/c6-7-8-9-3(5(11)12)1-2-4(9)10/h3H,1-2H2,(H,11,12)/t3-/m0/s1. The zero-order valence-electron chi connectivity index (χ0n) is 6.04. The van der Waals surface area contributed by atoms with Gasteiger partial charge in [0.05, 0.1) is 6.42 Å². The smallest absolute Gasteiger partial charge is 0.349 e. The number of azide groups is 1. The Morgan fingerprint density at radius 1 is 1.83 bits per heavy atom. The third kappa shape index (κ3) is 1.30. The van der Waals surface area contributed by atoms with Gasteiger partial charge >= 0.3 is 11.9 Å². The molecule has 1 rings (SSSR count). The second kappa shape index (κ2) is 3.10. The summed E-state index contributed by atoms with van der Waals surface area (Å²) in [5.41, 5.74) is 8.02. The summed E-state index contributed by atoms with van der Waals surface area (Å²) in [6.45, 7) is 0. The van der Waals surface area contributed by atoms with Gasteiger partial charge in [-0.3, -0.25) is 0 Å². The van der Waals surface area contributed by atoms with Gasteiger partial charge in [-0.2, -0.15) is 9.92 Å². The molecule has 0 saturated carbocycles. The number of carbonyl (C=O) groups is 2. The maximum atomic E-state index is 10.9. The van der Waals surface area contributed by atoms with E-state index in [2.05, 4.69) is 10.1 Å². The van der Waals surface area contributed by atoms with Crippen molar-refractivity contribution in [1.82, 2.24) is 5.01 Å². The van der Waals surface area contributed by atoms with E-state index in [-0.39, 0.29) is 12.8 Å². The number of aliphatic carboxylic acids is 1. The molecule has 0 bridgehead atoms. The number of hydrogen-bond acceptors (Lipinski definition) is 3. The molecular formula is C5H6N4O3. The topological polar surface area (TPSA) is 106 Å². The second-order valence-electron chi connectivity index (χ2n) is 2.31. The zero-order valence-corrected chi connectivity index (χ0v) is 6.04. The predicted octanol–water partition coefficient (Wildman–Crippen LogP) is 0.287. The number of carboxylic acid groups (broad SMARTS) is 1. The monoisotopic (exact) mass is 170 g/mol. The average Bonchev–Trinajstić information content (AvgIpc) is 2.34. The van der Waals surface area contributed by atoms with Gasteiger partial charge in [0.25, 0.3) is 0 Å². The van der Waals surface area contributed by atoms with Gasteiger partial charge in [0.2, 0.25) is 6.04 Å². The molecule has 1 fully saturated rings. The molecule has 1 amide bonds. The molecule has 7 nitrogen and oxygen atoms in total. The zero-order chi connectivity index (χ0) is 9.14. The molecule has 1 N–H and O–H groups in total. The van der Waals surface area contributed by atoms with E-state index >= 15 is 0 Å². The fourth-order valence-electron chi connectivity index (χ4n) is 1.05. The lowest BCUT2D eigenvalue weighted by Crippen LogP contribution is -2.33. The number of amides is 1. The summed E-state index contributed by atoms with van der Waals surface area (Å²) in [4.78, 5) is 23.7. The van der Waals surface area contributed by atoms with Crippen molar-refractivity contribution < 1.29 is 14.7 Å². The minimum Gasteiger partial charge on any atom is -0.478 e. The summed E-state index contributed by atoms with van der Waals surface area (Å²) >= 11 is 0. The summed E-state index contributed by atoms with van der Waals surface area (Å²) in [6, 6.07) is -0.992. The second-order valence-corrected chi connectivity index (χ2v) is 2.31.